The third-order valence-corrected chi connectivity index (χ3v) is 7.68. The number of fused-ring (bicyclic) bond motifs is 1. The van der Waals surface area contributed by atoms with Crippen LogP contribution in [0.4, 0.5) is 4.79 Å². The van der Waals surface area contributed by atoms with Crippen molar-refractivity contribution in [1.82, 2.24) is 20.1 Å². The minimum absolute atomic E-state index is 0.127. The molecule has 38 heavy (non-hydrogen) atoms. The highest BCUT2D eigenvalue weighted by atomic mass is 35.5. The third kappa shape index (κ3) is 5.63. The van der Waals surface area contributed by atoms with Crippen molar-refractivity contribution in [3.63, 3.8) is 0 Å². The number of hydrogen-bond donors (Lipinski definition) is 3. The molecule has 1 aromatic carbocycles. The number of amides is 3. The standard InChI is InChI=1S/C28H35ClN4O5/c1-27(2,3)33(26(36)37)17-18-10-11-20(29)15-19(18)16-31-24(34)23-9-6-14-32(23)25(35)28(38)12-4-8-22-21(28)7-5-13-30-22/h5,7,10-11,13,15,23,38H,4,6,8-9,12,14,16-17H2,1-3H3,(H,31,34)(H,36,37)/t23-,28?/m0/s1. The summed E-state index contributed by atoms with van der Waals surface area (Å²) in [5.41, 5.74) is 0.347. The molecule has 3 N–H and O–H groups in total. The summed E-state index contributed by atoms with van der Waals surface area (Å²) in [6.45, 7) is 6.10. The molecule has 0 radical (unpaired) electrons. The first-order chi connectivity index (χ1) is 17.9. The van der Waals surface area contributed by atoms with Gasteiger partial charge in [-0.25, -0.2) is 4.79 Å². The van der Waals surface area contributed by atoms with Crippen molar-refractivity contribution in [3.8, 4) is 0 Å². The molecule has 9 nitrogen and oxygen atoms in total. The largest absolute Gasteiger partial charge is 0.465 e. The Morgan fingerprint density at radius 1 is 1.21 bits per heavy atom. The maximum Gasteiger partial charge on any atom is 0.408 e. The number of pyridine rings is 1. The van der Waals surface area contributed by atoms with Crippen LogP contribution in [0.5, 0.6) is 0 Å². The molecule has 4 rings (SSSR count). The summed E-state index contributed by atoms with van der Waals surface area (Å²) in [4.78, 5) is 46.0. The Balaban J connectivity index is 1.50. The van der Waals surface area contributed by atoms with E-state index in [4.69, 9.17) is 11.6 Å². The Kier molecular flexibility index (Phi) is 7.99. The van der Waals surface area contributed by atoms with Gasteiger partial charge in [-0.05, 0) is 82.2 Å². The average molecular weight is 543 g/mol. The Morgan fingerprint density at radius 2 is 1.97 bits per heavy atom. The summed E-state index contributed by atoms with van der Waals surface area (Å²) in [5, 5.41) is 24.6. The van der Waals surface area contributed by atoms with Crippen LogP contribution in [0.1, 0.15) is 68.8 Å². The van der Waals surface area contributed by atoms with Gasteiger partial charge in [-0.1, -0.05) is 23.7 Å². The summed E-state index contributed by atoms with van der Waals surface area (Å²) in [5.74, 6) is -0.784. The number of hydrogen-bond acceptors (Lipinski definition) is 5. The number of rotatable bonds is 6. The molecule has 1 unspecified atom stereocenters. The van der Waals surface area contributed by atoms with Crippen LogP contribution in [-0.2, 0) is 34.7 Å². The molecule has 0 spiro atoms. The highest BCUT2D eigenvalue weighted by Crippen LogP contribution is 2.37. The van der Waals surface area contributed by atoms with Crippen LogP contribution in [0.2, 0.25) is 5.02 Å². The number of aryl methyl sites for hydroxylation is 1. The topological polar surface area (TPSA) is 123 Å². The molecule has 1 saturated heterocycles. The average Bonchev–Trinajstić information content (AvgIpc) is 3.35. The van der Waals surface area contributed by atoms with E-state index < -0.39 is 29.2 Å². The molecule has 3 amide bonds. The van der Waals surface area contributed by atoms with Crippen LogP contribution in [-0.4, -0.2) is 61.0 Å². The lowest BCUT2D eigenvalue weighted by molar-refractivity contribution is -0.157. The van der Waals surface area contributed by atoms with Crippen LogP contribution in [0, 0.1) is 0 Å². The second kappa shape index (κ2) is 10.9. The van der Waals surface area contributed by atoms with Crippen molar-refractivity contribution in [2.75, 3.05) is 6.54 Å². The van der Waals surface area contributed by atoms with E-state index in [0.717, 1.165) is 5.56 Å². The molecule has 2 atom stereocenters. The van der Waals surface area contributed by atoms with Gasteiger partial charge >= 0.3 is 6.09 Å². The molecule has 2 aliphatic rings. The molecule has 2 aromatic rings. The molecule has 0 saturated carbocycles. The van der Waals surface area contributed by atoms with Crippen molar-refractivity contribution >= 4 is 29.5 Å². The van der Waals surface area contributed by atoms with Gasteiger partial charge in [0.05, 0.1) is 0 Å². The highest BCUT2D eigenvalue weighted by Gasteiger charge is 2.48. The van der Waals surface area contributed by atoms with E-state index in [0.29, 0.717) is 54.1 Å². The van der Waals surface area contributed by atoms with Crippen LogP contribution in [0.3, 0.4) is 0 Å². The quantitative estimate of drug-likeness (QED) is 0.509. The molecule has 1 aromatic heterocycles. The zero-order chi connectivity index (χ0) is 27.7. The summed E-state index contributed by atoms with van der Waals surface area (Å²) >= 11 is 6.23. The van der Waals surface area contributed by atoms with Gasteiger partial charge in [0, 0.05) is 47.7 Å². The Labute approximate surface area is 227 Å². The summed E-state index contributed by atoms with van der Waals surface area (Å²) in [7, 11) is 0. The number of nitrogens with zero attached hydrogens (tertiary/aromatic N) is 3. The van der Waals surface area contributed by atoms with E-state index in [1.807, 2.05) is 20.8 Å². The zero-order valence-corrected chi connectivity index (χ0v) is 22.8. The second-order valence-corrected chi connectivity index (χ2v) is 11.5. The van der Waals surface area contributed by atoms with E-state index in [9.17, 15) is 24.6 Å². The summed E-state index contributed by atoms with van der Waals surface area (Å²) in [6.07, 6.45) is 3.38. The van der Waals surface area contributed by atoms with Gasteiger partial charge in [0.1, 0.15) is 6.04 Å². The molecule has 1 aliphatic heterocycles. The molecule has 10 heteroatoms. The van der Waals surface area contributed by atoms with E-state index in [2.05, 4.69) is 10.3 Å². The van der Waals surface area contributed by atoms with Crippen molar-refractivity contribution in [1.29, 1.82) is 0 Å². The van der Waals surface area contributed by atoms with Gasteiger partial charge in [0.25, 0.3) is 5.91 Å². The fourth-order valence-electron chi connectivity index (χ4n) is 5.38. The maximum atomic E-state index is 13.6. The number of benzene rings is 1. The Morgan fingerprint density at radius 3 is 2.68 bits per heavy atom. The monoisotopic (exact) mass is 542 g/mol. The molecule has 1 aliphatic carbocycles. The van der Waals surface area contributed by atoms with Gasteiger partial charge in [0.2, 0.25) is 5.91 Å². The van der Waals surface area contributed by atoms with Crippen LogP contribution >= 0.6 is 11.6 Å². The third-order valence-electron chi connectivity index (χ3n) is 7.45. The number of aliphatic hydroxyl groups is 1. The molecule has 1 fully saturated rings. The van der Waals surface area contributed by atoms with E-state index in [1.165, 1.54) is 9.80 Å². The first-order valence-electron chi connectivity index (χ1n) is 12.9. The summed E-state index contributed by atoms with van der Waals surface area (Å²) < 4.78 is 0. The van der Waals surface area contributed by atoms with Gasteiger partial charge in [-0.3, -0.25) is 19.5 Å². The van der Waals surface area contributed by atoms with Crippen molar-refractivity contribution in [3.05, 3.63) is 63.9 Å². The smallest absolute Gasteiger partial charge is 0.408 e. The number of carbonyl (C=O) groups excluding carboxylic acids is 2. The lowest BCUT2D eigenvalue weighted by Crippen LogP contribution is -2.54. The Bertz CT molecular complexity index is 1230. The van der Waals surface area contributed by atoms with Crippen LogP contribution in [0.15, 0.2) is 36.5 Å². The van der Waals surface area contributed by atoms with E-state index in [-0.39, 0.29) is 25.4 Å². The zero-order valence-electron chi connectivity index (χ0n) is 22.0. The lowest BCUT2D eigenvalue weighted by atomic mass is 9.80. The fraction of sp³-hybridized carbons (Fsp3) is 0.500. The van der Waals surface area contributed by atoms with Crippen LogP contribution in [0.25, 0.3) is 0 Å². The lowest BCUT2D eigenvalue weighted by Gasteiger charge is -2.37. The van der Waals surface area contributed by atoms with E-state index >= 15 is 0 Å². The molecular weight excluding hydrogens is 508 g/mol. The predicted molar refractivity (Wildman–Crippen MR) is 142 cm³/mol. The number of carboxylic acid groups (broad SMARTS) is 1. The van der Waals surface area contributed by atoms with Crippen molar-refractivity contribution in [2.45, 2.75) is 83.1 Å². The maximum absolute atomic E-state index is 13.6. The van der Waals surface area contributed by atoms with Gasteiger partial charge in [0.15, 0.2) is 5.60 Å². The predicted octanol–water partition coefficient (Wildman–Crippen LogP) is 3.84. The minimum atomic E-state index is -1.70. The van der Waals surface area contributed by atoms with Crippen molar-refractivity contribution < 1.29 is 24.6 Å². The second-order valence-electron chi connectivity index (χ2n) is 11.0. The highest BCUT2D eigenvalue weighted by molar-refractivity contribution is 6.30. The van der Waals surface area contributed by atoms with Gasteiger partial charge < -0.3 is 20.4 Å². The molecule has 2 heterocycles. The molecule has 0 bridgehead atoms. The SMILES string of the molecule is CC(C)(C)N(Cc1ccc(Cl)cc1CNC(=O)[C@@H]1CCCN1C(=O)C1(O)CCCc2ncccc21)C(=O)O. The summed E-state index contributed by atoms with van der Waals surface area (Å²) in [6, 6.07) is 7.92. The van der Waals surface area contributed by atoms with Crippen molar-refractivity contribution in [2.24, 2.45) is 0 Å². The Hall–Kier alpha value is -3.17. The van der Waals surface area contributed by atoms with Crippen LogP contribution < -0.4 is 5.32 Å². The number of carbonyl (C=O) groups is 3. The number of aromatic nitrogens is 1. The first-order valence-corrected chi connectivity index (χ1v) is 13.3. The minimum Gasteiger partial charge on any atom is -0.465 e. The number of likely N-dealkylation sites (tertiary alicyclic amines) is 1. The fourth-order valence-corrected chi connectivity index (χ4v) is 5.57. The number of halogens is 1. The van der Waals surface area contributed by atoms with E-state index in [1.54, 1.807) is 36.5 Å². The number of nitrogens with one attached hydrogen (secondary N) is 1. The van der Waals surface area contributed by atoms with Gasteiger partial charge in [-0.2, -0.15) is 0 Å². The molecular formula is C28H35ClN4O5. The first kappa shape index (κ1) is 27.9. The normalized spacial score (nSPS) is 21.1. The van der Waals surface area contributed by atoms with Gasteiger partial charge in [-0.15, -0.1) is 0 Å². The molecule has 204 valence electrons.